The largest absolute Gasteiger partial charge is 0.0651 e. The maximum Gasteiger partial charge on any atom is -0.0323 e. The molecule has 14 heavy (non-hydrogen) atoms. The Morgan fingerprint density at radius 1 is 0.929 bits per heavy atom. The zero-order chi connectivity index (χ0) is 11.4. The second-order valence-corrected chi connectivity index (χ2v) is 5.99. The first kappa shape index (κ1) is 14.0. The van der Waals surface area contributed by atoms with Gasteiger partial charge in [-0.15, -0.1) is 0 Å². The minimum atomic E-state index is 0.496. The lowest BCUT2D eigenvalue weighted by molar-refractivity contribution is 0.108. The van der Waals surface area contributed by atoms with E-state index in [2.05, 4.69) is 48.5 Å². The average Bonchev–Trinajstić information content (AvgIpc) is 2.15. The van der Waals surface area contributed by atoms with Crippen LogP contribution in [-0.2, 0) is 0 Å². The molecule has 86 valence electrons. The van der Waals surface area contributed by atoms with Crippen LogP contribution in [0.2, 0.25) is 0 Å². The molecule has 0 nitrogen and oxygen atoms in total. The Kier molecular flexibility index (Phi) is 5.19. The van der Waals surface area contributed by atoms with E-state index < -0.39 is 0 Å². The molecule has 0 aliphatic rings. The highest BCUT2D eigenvalue weighted by atomic mass is 14.4. The fourth-order valence-electron chi connectivity index (χ4n) is 2.33. The zero-order valence-electron chi connectivity index (χ0n) is 11.4. The zero-order valence-corrected chi connectivity index (χ0v) is 11.4. The summed E-state index contributed by atoms with van der Waals surface area (Å²) in [5.41, 5.74) is 1.04. The van der Waals surface area contributed by atoms with Gasteiger partial charge in [0.1, 0.15) is 0 Å². The molecule has 0 spiro atoms. The lowest BCUT2D eigenvalue weighted by Crippen LogP contribution is -2.29. The second-order valence-electron chi connectivity index (χ2n) is 5.99. The number of hydrogen-bond donors (Lipinski definition) is 0. The van der Waals surface area contributed by atoms with Gasteiger partial charge < -0.3 is 0 Å². The highest BCUT2D eigenvalue weighted by Crippen LogP contribution is 2.43. The lowest BCUT2D eigenvalue weighted by atomic mass is 9.65. The Balaban J connectivity index is 4.47. The van der Waals surface area contributed by atoms with Crippen LogP contribution in [-0.4, -0.2) is 0 Å². The van der Waals surface area contributed by atoms with E-state index in [1.807, 2.05) is 0 Å². The van der Waals surface area contributed by atoms with Crippen LogP contribution in [0.25, 0.3) is 0 Å². The van der Waals surface area contributed by atoms with Gasteiger partial charge in [0.05, 0.1) is 0 Å². The molecule has 1 atom stereocenters. The van der Waals surface area contributed by atoms with Crippen LogP contribution in [0, 0.1) is 16.7 Å². The third kappa shape index (κ3) is 3.63. The van der Waals surface area contributed by atoms with Gasteiger partial charge in [-0.1, -0.05) is 67.7 Å². The fraction of sp³-hybridized carbons (Fsp3) is 1.00. The van der Waals surface area contributed by atoms with Crippen LogP contribution >= 0.6 is 0 Å². The van der Waals surface area contributed by atoms with Crippen molar-refractivity contribution in [3.8, 4) is 0 Å². The molecule has 0 heteroatoms. The van der Waals surface area contributed by atoms with Gasteiger partial charge in [-0.25, -0.2) is 0 Å². The summed E-state index contributed by atoms with van der Waals surface area (Å²) in [5, 5.41) is 0. The van der Waals surface area contributed by atoms with E-state index in [-0.39, 0.29) is 0 Å². The standard InChI is InChI=1S/C14H30/c1-8-12(4)13(5,6)11-14(7,9-2)10-3/h12H,8-11H2,1-7H3. The van der Waals surface area contributed by atoms with Crippen molar-refractivity contribution in [2.24, 2.45) is 16.7 Å². The van der Waals surface area contributed by atoms with Crippen LogP contribution in [0.1, 0.15) is 74.1 Å². The molecule has 0 amide bonds. The van der Waals surface area contributed by atoms with Gasteiger partial charge in [-0.05, 0) is 23.2 Å². The van der Waals surface area contributed by atoms with Gasteiger partial charge in [-0.2, -0.15) is 0 Å². The highest BCUT2D eigenvalue weighted by molar-refractivity contribution is 4.83. The Morgan fingerprint density at radius 3 is 1.64 bits per heavy atom. The summed E-state index contributed by atoms with van der Waals surface area (Å²) in [6.07, 6.45) is 5.28. The summed E-state index contributed by atoms with van der Waals surface area (Å²) in [4.78, 5) is 0. The molecule has 0 aliphatic heterocycles. The maximum absolute atomic E-state index is 2.44. The SMILES string of the molecule is CCC(C)C(C)(C)CC(C)(CC)CC. The first-order chi connectivity index (χ1) is 6.31. The van der Waals surface area contributed by atoms with Crippen LogP contribution < -0.4 is 0 Å². The predicted octanol–water partition coefficient (Wildman–Crippen LogP) is 5.28. The van der Waals surface area contributed by atoms with E-state index in [0.717, 1.165) is 5.92 Å². The lowest BCUT2D eigenvalue weighted by Gasteiger charge is -2.40. The summed E-state index contributed by atoms with van der Waals surface area (Å²) < 4.78 is 0. The summed E-state index contributed by atoms with van der Waals surface area (Å²) in [6, 6.07) is 0. The van der Waals surface area contributed by atoms with E-state index in [1.54, 1.807) is 0 Å². The molecule has 0 saturated carbocycles. The summed E-state index contributed by atoms with van der Waals surface area (Å²) in [6.45, 7) is 16.7. The van der Waals surface area contributed by atoms with Crippen LogP contribution in [0.4, 0.5) is 0 Å². The van der Waals surface area contributed by atoms with Crippen molar-refractivity contribution in [3.63, 3.8) is 0 Å². The molecular weight excluding hydrogens is 168 g/mol. The van der Waals surface area contributed by atoms with Gasteiger partial charge in [0, 0.05) is 0 Å². The molecule has 0 heterocycles. The Bertz CT molecular complexity index is 151. The van der Waals surface area contributed by atoms with Gasteiger partial charge >= 0.3 is 0 Å². The molecule has 0 saturated heterocycles. The van der Waals surface area contributed by atoms with Crippen molar-refractivity contribution in [2.45, 2.75) is 74.1 Å². The Labute approximate surface area is 91.5 Å². The van der Waals surface area contributed by atoms with Crippen molar-refractivity contribution in [1.29, 1.82) is 0 Å². The smallest absolute Gasteiger partial charge is 0.0323 e. The summed E-state index contributed by atoms with van der Waals surface area (Å²) in [5.74, 6) is 0.833. The monoisotopic (exact) mass is 198 g/mol. The summed E-state index contributed by atoms with van der Waals surface area (Å²) >= 11 is 0. The number of hydrogen-bond acceptors (Lipinski definition) is 0. The molecule has 0 radical (unpaired) electrons. The summed E-state index contributed by atoms with van der Waals surface area (Å²) in [7, 11) is 0. The van der Waals surface area contributed by atoms with Crippen molar-refractivity contribution in [1.82, 2.24) is 0 Å². The predicted molar refractivity (Wildman–Crippen MR) is 66.5 cm³/mol. The third-order valence-electron chi connectivity index (χ3n) is 4.54. The van der Waals surface area contributed by atoms with Crippen molar-refractivity contribution >= 4 is 0 Å². The van der Waals surface area contributed by atoms with Crippen LogP contribution in [0.3, 0.4) is 0 Å². The van der Waals surface area contributed by atoms with Crippen molar-refractivity contribution < 1.29 is 0 Å². The molecule has 0 bridgehead atoms. The van der Waals surface area contributed by atoms with Gasteiger partial charge in [-0.3, -0.25) is 0 Å². The van der Waals surface area contributed by atoms with Gasteiger partial charge in [0.15, 0.2) is 0 Å². The molecule has 1 unspecified atom stereocenters. The second kappa shape index (κ2) is 5.19. The molecule has 0 aromatic heterocycles. The third-order valence-corrected chi connectivity index (χ3v) is 4.54. The minimum Gasteiger partial charge on any atom is -0.0651 e. The van der Waals surface area contributed by atoms with Gasteiger partial charge in [0.25, 0.3) is 0 Å². The van der Waals surface area contributed by atoms with E-state index in [9.17, 15) is 0 Å². The molecule has 0 N–H and O–H groups in total. The normalized spacial score (nSPS) is 15.6. The van der Waals surface area contributed by atoms with E-state index in [4.69, 9.17) is 0 Å². The first-order valence-electron chi connectivity index (χ1n) is 6.31. The molecule has 0 aromatic carbocycles. The first-order valence-corrected chi connectivity index (χ1v) is 6.31. The molecule has 0 aliphatic carbocycles. The average molecular weight is 198 g/mol. The van der Waals surface area contributed by atoms with Crippen LogP contribution in [0.5, 0.6) is 0 Å². The molecule has 0 fully saturated rings. The van der Waals surface area contributed by atoms with E-state index in [0.29, 0.717) is 10.8 Å². The van der Waals surface area contributed by atoms with E-state index in [1.165, 1.54) is 25.7 Å². The molecule has 0 rings (SSSR count). The fourth-order valence-corrected chi connectivity index (χ4v) is 2.33. The topological polar surface area (TPSA) is 0 Å². The Hall–Kier alpha value is 0. The van der Waals surface area contributed by atoms with Crippen molar-refractivity contribution in [2.75, 3.05) is 0 Å². The minimum absolute atomic E-state index is 0.496. The van der Waals surface area contributed by atoms with Crippen LogP contribution in [0.15, 0.2) is 0 Å². The molecule has 0 aromatic rings. The Morgan fingerprint density at radius 2 is 1.36 bits per heavy atom. The number of rotatable bonds is 6. The highest BCUT2D eigenvalue weighted by Gasteiger charge is 2.32. The van der Waals surface area contributed by atoms with Gasteiger partial charge in [0.2, 0.25) is 0 Å². The molecular formula is C14H30. The van der Waals surface area contributed by atoms with E-state index >= 15 is 0 Å². The maximum atomic E-state index is 2.44. The quantitative estimate of drug-likeness (QED) is 0.545. The van der Waals surface area contributed by atoms with Crippen molar-refractivity contribution in [3.05, 3.63) is 0 Å².